The van der Waals surface area contributed by atoms with Gasteiger partial charge in [-0.05, 0) is 42.3 Å². The Kier molecular flexibility index (Phi) is 5.13. The van der Waals surface area contributed by atoms with E-state index < -0.39 is 5.91 Å². The van der Waals surface area contributed by atoms with Crippen LogP contribution in [0.2, 0.25) is 10.0 Å². The van der Waals surface area contributed by atoms with E-state index in [2.05, 4.69) is 15.5 Å². The van der Waals surface area contributed by atoms with Crippen molar-refractivity contribution >= 4 is 29.1 Å². The lowest BCUT2D eigenvalue weighted by molar-refractivity contribution is 0.0920. The van der Waals surface area contributed by atoms with Crippen LogP contribution in [-0.2, 0) is 6.42 Å². The molecule has 0 spiro atoms. The van der Waals surface area contributed by atoms with Crippen molar-refractivity contribution in [1.29, 1.82) is 0 Å². The molecule has 0 unspecified atom stereocenters. The first kappa shape index (κ1) is 16.5. The van der Waals surface area contributed by atoms with Crippen LogP contribution in [0.3, 0.4) is 0 Å². The molecule has 24 heavy (non-hydrogen) atoms. The number of carbonyl (C=O) groups excluding carboxylic acids is 1. The molecule has 0 saturated carbocycles. The zero-order valence-electron chi connectivity index (χ0n) is 12.5. The molecule has 3 rings (SSSR count). The maximum atomic E-state index is 12.0. The second-order valence-corrected chi connectivity index (χ2v) is 5.93. The standard InChI is InChI=1S/C17H13Cl2N3O2/c18-13-6-4-11(5-7-13)8-9-20-15(23)17-22-21-16(24-17)12-2-1-3-14(19)10-12/h1-7,10H,8-9H2,(H,20,23). The van der Waals surface area contributed by atoms with Crippen LogP contribution in [0, 0.1) is 0 Å². The molecule has 0 saturated heterocycles. The molecule has 7 heteroatoms. The lowest BCUT2D eigenvalue weighted by atomic mass is 10.1. The first-order valence-corrected chi connectivity index (χ1v) is 7.99. The van der Waals surface area contributed by atoms with Crippen LogP contribution in [0.5, 0.6) is 0 Å². The number of halogens is 2. The predicted molar refractivity (Wildman–Crippen MR) is 92.2 cm³/mol. The first-order valence-electron chi connectivity index (χ1n) is 7.24. The number of rotatable bonds is 5. The molecular weight excluding hydrogens is 349 g/mol. The molecule has 1 heterocycles. The van der Waals surface area contributed by atoms with Crippen molar-refractivity contribution in [3.63, 3.8) is 0 Å². The van der Waals surface area contributed by atoms with E-state index in [0.29, 0.717) is 28.6 Å². The third kappa shape index (κ3) is 4.13. The van der Waals surface area contributed by atoms with E-state index in [1.807, 2.05) is 24.3 Å². The summed E-state index contributed by atoms with van der Waals surface area (Å²) in [5.41, 5.74) is 1.74. The average Bonchev–Trinajstić information content (AvgIpc) is 3.07. The van der Waals surface area contributed by atoms with E-state index >= 15 is 0 Å². The van der Waals surface area contributed by atoms with Crippen molar-refractivity contribution in [2.45, 2.75) is 6.42 Å². The van der Waals surface area contributed by atoms with Gasteiger partial charge in [0.1, 0.15) is 0 Å². The highest BCUT2D eigenvalue weighted by Gasteiger charge is 2.15. The maximum Gasteiger partial charge on any atom is 0.308 e. The zero-order valence-corrected chi connectivity index (χ0v) is 14.0. The molecule has 0 aliphatic heterocycles. The summed E-state index contributed by atoms with van der Waals surface area (Å²) in [6.45, 7) is 0.454. The van der Waals surface area contributed by atoms with Crippen molar-refractivity contribution in [2.24, 2.45) is 0 Å². The molecule has 1 amide bonds. The van der Waals surface area contributed by atoms with Crippen molar-refractivity contribution in [3.8, 4) is 11.5 Å². The smallest absolute Gasteiger partial charge is 0.308 e. The minimum Gasteiger partial charge on any atom is -0.412 e. The summed E-state index contributed by atoms with van der Waals surface area (Å²) < 4.78 is 5.39. The Morgan fingerprint density at radius 3 is 2.58 bits per heavy atom. The molecular formula is C17H13Cl2N3O2. The summed E-state index contributed by atoms with van der Waals surface area (Å²) in [6.07, 6.45) is 0.679. The summed E-state index contributed by atoms with van der Waals surface area (Å²) in [7, 11) is 0. The van der Waals surface area contributed by atoms with Gasteiger partial charge in [-0.25, -0.2) is 0 Å². The van der Waals surface area contributed by atoms with E-state index in [0.717, 1.165) is 5.56 Å². The number of nitrogens with one attached hydrogen (secondary N) is 1. The fourth-order valence-electron chi connectivity index (χ4n) is 2.10. The average molecular weight is 362 g/mol. The van der Waals surface area contributed by atoms with Crippen LogP contribution < -0.4 is 5.32 Å². The van der Waals surface area contributed by atoms with E-state index in [1.165, 1.54) is 0 Å². The monoisotopic (exact) mass is 361 g/mol. The van der Waals surface area contributed by atoms with Gasteiger partial charge in [0.2, 0.25) is 5.89 Å². The lowest BCUT2D eigenvalue weighted by Gasteiger charge is -2.03. The molecule has 1 N–H and O–H groups in total. The highest BCUT2D eigenvalue weighted by atomic mass is 35.5. The normalized spacial score (nSPS) is 10.6. The SMILES string of the molecule is O=C(NCCc1ccc(Cl)cc1)c1nnc(-c2cccc(Cl)c2)o1. The molecule has 0 fully saturated rings. The van der Waals surface area contributed by atoms with Gasteiger partial charge >= 0.3 is 11.8 Å². The van der Waals surface area contributed by atoms with Crippen LogP contribution in [-0.4, -0.2) is 22.6 Å². The van der Waals surface area contributed by atoms with Crippen molar-refractivity contribution in [1.82, 2.24) is 15.5 Å². The van der Waals surface area contributed by atoms with Crippen LogP contribution in [0.1, 0.15) is 16.2 Å². The minimum absolute atomic E-state index is 0.0823. The molecule has 5 nitrogen and oxygen atoms in total. The maximum absolute atomic E-state index is 12.0. The van der Waals surface area contributed by atoms with Gasteiger partial charge in [0.05, 0.1) is 0 Å². The molecule has 0 aliphatic carbocycles. The van der Waals surface area contributed by atoms with E-state index in [4.69, 9.17) is 27.6 Å². The quantitative estimate of drug-likeness (QED) is 0.745. The largest absolute Gasteiger partial charge is 0.412 e. The Hall–Kier alpha value is -2.37. The Morgan fingerprint density at radius 2 is 1.83 bits per heavy atom. The topological polar surface area (TPSA) is 68.0 Å². The highest BCUT2D eigenvalue weighted by Crippen LogP contribution is 2.21. The number of hydrogen-bond acceptors (Lipinski definition) is 4. The number of hydrogen-bond donors (Lipinski definition) is 1. The van der Waals surface area contributed by atoms with Gasteiger partial charge in [-0.2, -0.15) is 0 Å². The van der Waals surface area contributed by atoms with Crippen molar-refractivity contribution in [2.75, 3.05) is 6.54 Å². The van der Waals surface area contributed by atoms with Crippen LogP contribution in [0.4, 0.5) is 0 Å². The van der Waals surface area contributed by atoms with Gasteiger partial charge in [0.15, 0.2) is 0 Å². The molecule has 0 radical (unpaired) electrons. The minimum atomic E-state index is -0.412. The summed E-state index contributed by atoms with van der Waals surface area (Å²) >= 11 is 11.8. The van der Waals surface area contributed by atoms with Gasteiger partial charge in [0.25, 0.3) is 0 Å². The number of amides is 1. The second kappa shape index (κ2) is 7.47. The Balaban J connectivity index is 1.58. The lowest BCUT2D eigenvalue weighted by Crippen LogP contribution is -2.26. The van der Waals surface area contributed by atoms with Gasteiger partial charge in [-0.3, -0.25) is 4.79 Å². The second-order valence-electron chi connectivity index (χ2n) is 5.06. The first-order chi connectivity index (χ1) is 11.6. The number of nitrogens with zero attached hydrogens (tertiary/aromatic N) is 2. The molecule has 2 aromatic carbocycles. The number of aromatic nitrogens is 2. The van der Waals surface area contributed by atoms with Gasteiger partial charge in [-0.1, -0.05) is 41.4 Å². The summed E-state index contributed by atoms with van der Waals surface area (Å²) in [5.74, 6) is -0.244. The number of benzene rings is 2. The Morgan fingerprint density at radius 1 is 1.04 bits per heavy atom. The molecule has 0 aliphatic rings. The summed E-state index contributed by atoms with van der Waals surface area (Å²) in [5, 5.41) is 11.6. The number of carbonyl (C=O) groups is 1. The van der Waals surface area contributed by atoms with Gasteiger partial charge < -0.3 is 9.73 Å². The zero-order chi connectivity index (χ0) is 16.9. The fraction of sp³-hybridized carbons (Fsp3) is 0.118. The van der Waals surface area contributed by atoms with Gasteiger partial charge in [-0.15, -0.1) is 10.2 Å². The van der Waals surface area contributed by atoms with E-state index in [1.54, 1.807) is 24.3 Å². The molecule has 0 atom stereocenters. The van der Waals surface area contributed by atoms with Crippen molar-refractivity contribution < 1.29 is 9.21 Å². The predicted octanol–water partition coefficient (Wildman–Crippen LogP) is 4.02. The molecule has 3 aromatic rings. The third-order valence-electron chi connectivity index (χ3n) is 3.30. The molecule has 122 valence electrons. The summed E-state index contributed by atoms with van der Waals surface area (Å²) in [4.78, 5) is 12.0. The molecule has 1 aromatic heterocycles. The van der Waals surface area contributed by atoms with E-state index in [-0.39, 0.29) is 11.8 Å². The summed E-state index contributed by atoms with van der Waals surface area (Å²) in [6, 6.07) is 14.4. The van der Waals surface area contributed by atoms with Gasteiger partial charge in [0, 0.05) is 22.2 Å². The fourth-order valence-corrected chi connectivity index (χ4v) is 2.42. The highest BCUT2D eigenvalue weighted by molar-refractivity contribution is 6.31. The Labute approximate surface area is 148 Å². The third-order valence-corrected chi connectivity index (χ3v) is 3.79. The van der Waals surface area contributed by atoms with Crippen LogP contribution in [0.25, 0.3) is 11.5 Å². The molecule has 0 bridgehead atoms. The Bertz CT molecular complexity index is 847. The van der Waals surface area contributed by atoms with Crippen LogP contribution >= 0.6 is 23.2 Å². The van der Waals surface area contributed by atoms with Crippen LogP contribution in [0.15, 0.2) is 52.9 Å². The van der Waals surface area contributed by atoms with Crippen molar-refractivity contribution in [3.05, 3.63) is 70.0 Å². The van der Waals surface area contributed by atoms with E-state index in [9.17, 15) is 4.79 Å².